The van der Waals surface area contributed by atoms with E-state index in [1.54, 1.807) is 18.3 Å². The molecule has 7 heteroatoms. The van der Waals surface area contributed by atoms with Gasteiger partial charge in [0, 0.05) is 12.7 Å². The molecular weight excluding hydrogens is 420 g/mol. The standard InChI is InChI=1S/C25H41ClN6/c1-2-3-4-5-6-7-8-9-10-11-12-13-14-15-18-28-24-23(27)25(31-20-30-24)32-22-17-16-21(26)19-29-22/h16-17,19-20H,2-15,18,27H2,1H3,(H2,28,29,30,31,32). The SMILES string of the molecule is CCCCCCCCCCCCCCCCNc1ncnc(Nc2ccc(Cl)cn2)c1N. The normalized spacial score (nSPS) is 10.9. The smallest absolute Gasteiger partial charge is 0.160 e. The number of rotatable bonds is 18. The van der Waals surface area contributed by atoms with E-state index in [1.807, 2.05) is 0 Å². The predicted molar refractivity (Wildman–Crippen MR) is 138 cm³/mol. The van der Waals surface area contributed by atoms with Crippen LogP contribution in [0, 0.1) is 0 Å². The monoisotopic (exact) mass is 460 g/mol. The third-order valence-electron chi connectivity index (χ3n) is 5.68. The quantitative estimate of drug-likeness (QED) is 0.197. The number of pyridine rings is 1. The molecule has 178 valence electrons. The van der Waals surface area contributed by atoms with Crippen molar-refractivity contribution in [3.63, 3.8) is 0 Å². The number of nitrogens with zero attached hydrogens (tertiary/aromatic N) is 3. The fourth-order valence-electron chi connectivity index (χ4n) is 3.73. The molecule has 0 aliphatic heterocycles. The summed E-state index contributed by atoms with van der Waals surface area (Å²) in [5.74, 6) is 1.84. The highest BCUT2D eigenvalue weighted by atomic mass is 35.5. The Morgan fingerprint density at radius 3 is 1.88 bits per heavy atom. The summed E-state index contributed by atoms with van der Waals surface area (Å²) in [6.07, 6.45) is 22.1. The number of hydrogen-bond donors (Lipinski definition) is 3. The average molecular weight is 461 g/mol. The van der Waals surface area contributed by atoms with Crippen LogP contribution in [0.1, 0.15) is 96.8 Å². The highest BCUT2D eigenvalue weighted by Gasteiger charge is 2.08. The number of nitrogens with two attached hydrogens (primary N) is 1. The van der Waals surface area contributed by atoms with Gasteiger partial charge in [-0.05, 0) is 18.6 Å². The zero-order valence-electron chi connectivity index (χ0n) is 19.7. The molecule has 0 aliphatic carbocycles. The van der Waals surface area contributed by atoms with E-state index in [0.29, 0.717) is 28.2 Å². The fraction of sp³-hybridized carbons (Fsp3) is 0.640. The van der Waals surface area contributed by atoms with Gasteiger partial charge in [0.15, 0.2) is 11.6 Å². The van der Waals surface area contributed by atoms with E-state index < -0.39 is 0 Å². The molecule has 0 saturated carbocycles. The molecule has 2 aromatic heterocycles. The Kier molecular flexibility index (Phi) is 13.5. The first kappa shape index (κ1) is 26.2. The summed E-state index contributed by atoms with van der Waals surface area (Å²) < 4.78 is 0. The van der Waals surface area contributed by atoms with Crippen LogP contribution in [0.5, 0.6) is 0 Å². The lowest BCUT2D eigenvalue weighted by atomic mass is 10.0. The van der Waals surface area contributed by atoms with Crippen LogP contribution in [0.15, 0.2) is 24.7 Å². The van der Waals surface area contributed by atoms with Gasteiger partial charge in [-0.15, -0.1) is 0 Å². The predicted octanol–water partition coefficient (Wildman–Crippen LogP) is 7.74. The van der Waals surface area contributed by atoms with E-state index in [-0.39, 0.29) is 0 Å². The molecule has 0 aromatic carbocycles. The van der Waals surface area contributed by atoms with Gasteiger partial charge in [-0.2, -0.15) is 0 Å². The first-order valence-corrected chi connectivity index (χ1v) is 12.8. The third kappa shape index (κ3) is 11.0. The van der Waals surface area contributed by atoms with Crippen LogP contribution in [0.3, 0.4) is 0 Å². The second kappa shape index (κ2) is 16.5. The van der Waals surface area contributed by atoms with Crippen molar-refractivity contribution in [3.05, 3.63) is 29.7 Å². The summed E-state index contributed by atoms with van der Waals surface area (Å²) in [6.45, 7) is 3.14. The Morgan fingerprint density at radius 1 is 0.750 bits per heavy atom. The van der Waals surface area contributed by atoms with Gasteiger partial charge in [0.05, 0.1) is 5.02 Å². The van der Waals surface area contributed by atoms with Crippen molar-refractivity contribution < 1.29 is 0 Å². The molecule has 0 fully saturated rings. The summed E-state index contributed by atoms with van der Waals surface area (Å²) in [4.78, 5) is 12.7. The lowest BCUT2D eigenvalue weighted by Gasteiger charge is -2.12. The molecule has 2 heterocycles. The van der Waals surface area contributed by atoms with Gasteiger partial charge in [-0.3, -0.25) is 0 Å². The van der Waals surface area contributed by atoms with Crippen molar-refractivity contribution in [3.8, 4) is 0 Å². The number of nitrogen functional groups attached to an aromatic ring is 1. The molecule has 6 nitrogen and oxygen atoms in total. The lowest BCUT2D eigenvalue weighted by molar-refractivity contribution is 0.537. The van der Waals surface area contributed by atoms with Crippen LogP contribution in [0.2, 0.25) is 5.02 Å². The maximum absolute atomic E-state index is 6.22. The first-order valence-electron chi connectivity index (χ1n) is 12.4. The Morgan fingerprint density at radius 2 is 1.31 bits per heavy atom. The molecule has 0 amide bonds. The van der Waals surface area contributed by atoms with E-state index in [4.69, 9.17) is 17.3 Å². The minimum Gasteiger partial charge on any atom is -0.393 e. The number of aromatic nitrogens is 3. The van der Waals surface area contributed by atoms with Crippen LogP contribution in [-0.4, -0.2) is 21.5 Å². The van der Waals surface area contributed by atoms with Crippen molar-refractivity contribution in [1.82, 2.24) is 15.0 Å². The summed E-state index contributed by atoms with van der Waals surface area (Å²) in [5.41, 5.74) is 6.71. The molecule has 4 N–H and O–H groups in total. The average Bonchev–Trinajstić information content (AvgIpc) is 2.80. The van der Waals surface area contributed by atoms with Crippen LogP contribution in [0.4, 0.5) is 23.1 Å². The second-order valence-corrected chi connectivity index (χ2v) is 8.93. The van der Waals surface area contributed by atoms with Crippen LogP contribution >= 0.6 is 11.6 Å². The fourth-order valence-corrected chi connectivity index (χ4v) is 3.85. The van der Waals surface area contributed by atoms with Crippen LogP contribution in [0.25, 0.3) is 0 Å². The van der Waals surface area contributed by atoms with Crippen molar-refractivity contribution in [2.24, 2.45) is 0 Å². The highest BCUT2D eigenvalue weighted by Crippen LogP contribution is 2.25. The minimum atomic E-state index is 0.495. The Hall–Kier alpha value is -2.08. The van der Waals surface area contributed by atoms with Crippen molar-refractivity contribution in [1.29, 1.82) is 0 Å². The molecule has 2 rings (SSSR count). The van der Waals surface area contributed by atoms with Gasteiger partial charge in [0.25, 0.3) is 0 Å². The van der Waals surface area contributed by atoms with Crippen LogP contribution < -0.4 is 16.4 Å². The Labute approximate surface area is 199 Å². The van der Waals surface area contributed by atoms with Gasteiger partial charge >= 0.3 is 0 Å². The van der Waals surface area contributed by atoms with Crippen molar-refractivity contribution >= 4 is 34.7 Å². The number of nitrogens with one attached hydrogen (secondary N) is 2. The van der Waals surface area contributed by atoms with E-state index >= 15 is 0 Å². The number of unbranched alkanes of at least 4 members (excludes halogenated alkanes) is 13. The van der Waals surface area contributed by atoms with Gasteiger partial charge in [0.2, 0.25) is 0 Å². The third-order valence-corrected chi connectivity index (χ3v) is 5.90. The molecule has 0 saturated heterocycles. The van der Waals surface area contributed by atoms with E-state index in [1.165, 1.54) is 89.8 Å². The van der Waals surface area contributed by atoms with E-state index in [0.717, 1.165) is 13.0 Å². The number of anilines is 4. The zero-order valence-corrected chi connectivity index (χ0v) is 20.5. The molecule has 0 unspecified atom stereocenters. The van der Waals surface area contributed by atoms with Crippen molar-refractivity contribution in [2.45, 2.75) is 96.8 Å². The van der Waals surface area contributed by atoms with E-state index in [9.17, 15) is 0 Å². The van der Waals surface area contributed by atoms with Crippen molar-refractivity contribution in [2.75, 3.05) is 22.9 Å². The van der Waals surface area contributed by atoms with Crippen LogP contribution in [-0.2, 0) is 0 Å². The largest absolute Gasteiger partial charge is 0.393 e. The number of hydrogen-bond acceptors (Lipinski definition) is 6. The minimum absolute atomic E-state index is 0.495. The summed E-state index contributed by atoms with van der Waals surface area (Å²) >= 11 is 5.87. The first-order chi connectivity index (χ1) is 15.7. The molecular formula is C25H41ClN6. The zero-order chi connectivity index (χ0) is 22.9. The Balaban J connectivity index is 1.50. The maximum atomic E-state index is 6.22. The summed E-state index contributed by atoms with van der Waals surface area (Å²) in [5, 5.41) is 7.03. The molecule has 0 bridgehead atoms. The maximum Gasteiger partial charge on any atom is 0.160 e. The molecule has 0 radical (unpaired) electrons. The summed E-state index contributed by atoms with van der Waals surface area (Å²) in [7, 11) is 0. The van der Waals surface area contributed by atoms with Gasteiger partial charge in [0.1, 0.15) is 17.8 Å². The topological polar surface area (TPSA) is 88.8 Å². The highest BCUT2D eigenvalue weighted by molar-refractivity contribution is 6.30. The molecule has 0 aliphatic rings. The van der Waals surface area contributed by atoms with Gasteiger partial charge in [-0.1, -0.05) is 102 Å². The molecule has 2 aromatic rings. The molecule has 0 spiro atoms. The number of halogens is 1. The van der Waals surface area contributed by atoms with E-state index in [2.05, 4.69) is 32.5 Å². The molecule has 32 heavy (non-hydrogen) atoms. The Bertz CT molecular complexity index is 738. The second-order valence-electron chi connectivity index (χ2n) is 8.49. The summed E-state index contributed by atoms with van der Waals surface area (Å²) in [6, 6.07) is 3.55. The lowest BCUT2D eigenvalue weighted by Crippen LogP contribution is -2.09. The molecule has 0 atom stereocenters. The van der Waals surface area contributed by atoms with Gasteiger partial charge < -0.3 is 16.4 Å². The van der Waals surface area contributed by atoms with Gasteiger partial charge in [-0.25, -0.2) is 15.0 Å².